The lowest BCUT2D eigenvalue weighted by molar-refractivity contribution is -0.116. The van der Waals surface area contributed by atoms with Crippen LogP contribution >= 0.6 is 0 Å². The first-order chi connectivity index (χ1) is 17.9. The maximum absolute atomic E-state index is 13.1. The minimum atomic E-state index is -0.528. The van der Waals surface area contributed by atoms with E-state index in [9.17, 15) is 14.4 Å². The third-order valence-corrected chi connectivity index (χ3v) is 6.73. The van der Waals surface area contributed by atoms with Crippen LogP contribution in [-0.2, 0) is 9.59 Å². The fraction of sp³-hybridized carbons (Fsp3) is 0.241. The minimum absolute atomic E-state index is 0.176. The Kier molecular flexibility index (Phi) is 6.83. The molecule has 2 amide bonds. The van der Waals surface area contributed by atoms with Gasteiger partial charge in [-0.1, -0.05) is 24.3 Å². The number of carbonyl (C=O) groups excluding carboxylic acids is 3. The van der Waals surface area contributed by atoms with Crippen molar-refractivity contribution in [2.45, 2.75) is 12.8 Å². The zero-order valence-electron chi connectivity index (χ0n) is 20.9. The van der Waals surface area contributed by atoms with Gasteiger partial charge in [0.1, 0.15) is 5.92 Å². The lowest BCUT2D eigenvalue weighted by atomic mass is 9.97. The quantitative estimate of drug-likeness (QED) is 0.397. The Balaban J connectivity index is 1.29. The minimum Gasteiger partial charge on any atom is -0.369 e. The van der Waals surface area contributed by atoms with Gasteiger partial charge in [-0.3, -0.25) is 19.4 Å². The number of hydrogen-bond acceptors (Lipinski definition) is 6. The average Bonchev–Trinajstić information content (AvgIpc) is 3.21. The van der Waals surface area contributed by atoms with Crippen LogP contribution in [0, 0.1) is 0 Å². The Labute approximate surface area is 216 Å². The summed E-state index contributed by atoms with van der Waals surface area (Å²) < 4.78 is 0. The van der Waals surface area contributed by atoms with Gasteiger partial charge >= 0.3 is 0 Å². The highest BCUT2D eigenvalue weighted by Crippen LogP contribution is 2.33. The predicted octanol–water partition coefficient (Wildman–Crippen LogP) is 4.07. The summed E-state index contributed by atoms with van der Waals surface area (Å²) in [5, 5.41) is 5.56. The molecule has 188 valence electrons. The van der Waals surface area contributed by atoms with Gasteiger partial charge in [0.25, 0.3) is 0 Å². The summed E-state index contributed by atoms with van der Waals surface area (Å²) in [5.74, 6) is -1.10. The van der Waals surface area contributed by atoms with E-state index in [1.165, 1.54) is 12.6 Å². The Hall–Kier alpha value is -4.30. The standard InChI is InChI=1S/C29H29N5O3/c1-19(35)31-23-5-3-4-20(16-23)28(36)21-6-11-25-26(29(37)32-27(25)17-21)18-30-22-7-9-24(10-8-22)34-14-12-33(2)13-15-34/h3-11,16-18,26H,12-15H2,1-2H3,(H,31,35)(H,32,37). The monoisotopic (exact) mass is 495 g/mol. The molecule has 2 N–H and O–H groups in total. The van der Waals surface area contributed by atoms with Gasteiger partial charge < -0.3 is 20.4 Å². The summed E-state index contributed by atoms with van der Waals surface area (Å²) in [5.41, 5.74) is 4.81. The van der Waals surface area contributed by atoms with Crippen molar-refractivity contribution in [2.24, 2.45) is 4.99 Å². The van der Waals surface area contributed by atoms with Crippen LogP contribution in [0.5, 0.6) is 0 Å². The Morgan fingerprint density at radius 2 is 1.70 bits per heavy atom. The molecule has 0 aliphatic carbocycles. The van der Waals surface area contributed by atoms with Crippen molar-refractivity contribution in [2.75, 3.05) is 48.8 Å². The molecular formula is C29H29N5O3. The lowest BCUT2D eigenvalue weighted by Gasteiger charge is -2.34. The van der Waals surface area contributed by atoms with Crippen molar-refractivity contribution < 1.29 is 14.4 Å². The molecule has 2 aliphatic rings. The van der Waals surface area contributed by atoms with Gasteiger partial charge in [0.2, 0.25) is 11.8 Å². The number of nitrogens with zero attached hydrogens (tertiary/aromatic N) is 3. The number of likely N-dealkylation sites (N-methyl/N-ethyl adjacent to an activating group) is 1. The molecule has 3 aromatic rings. The van der Waals surface area contributed by atoms with Crippen LogP contribution in [-0.4, -0.2) is 61.9 Å². The molecule has 0 saturated carbocycles. The van der Waals surface area contributed by atoms with E-state index in [4.69, 9.17) is 0 Å². The summed E-state index contributed by atoms with van der Waals surface area (Å²) in [7, 11) is 2.14. The lowest BCUT2D eigenvalue weighted by Crippen LogP contribution is -2.44. The number of piperazine rings is 1. The predicted molar refractivity (Wildman–Crippen MR) is 146 cm³/mol. The molecule has 1 atom stereocenters. The van der Waals surface area contributed by atoms with Crippen molar-refractivity contribution in [3.8, 4) is 0 Å². The number of rotatable bonds is 6. The van der Waals surface area contributed by atoms with Gasteiger partial charge in [0.05, 0.1) is 5.69 Å². The second kappa shape index (κ2) is 10.4. The summed E-state index contributed by atoms with van der Waals surface area (Å²) in [6, 6.07) is 20.1. The Bertz CT molecular complexity index is 1370. The molecule has 3 aromatic carbocycles. The third-order valence-electron chi connectivity index (χ3n) is 6.73. The van der Waals surface area contributed by atoms with E-state index in [2.05, 4.69) is 44.6 Å². The van der Waals surface area contributed by atoms with E-state index < -0.39 is 5.92 Å². The van der Waals surface area contributed by atoms with Gasteiger partial charge in [0.15, 0.2) is 5.78 Å². The van der Waals surface area contributed by atoms with Crippen molar-refractivity contribution >= 4 is 46.6 Å². The highest BCUT2D eigenvalue weighted by Gasteiger charge is 2.30. The zero-order chi connectivity index (χ0) is 25.9. The van der Waals surface area contributed by atoms with Crippen molar-refractivity contribution in [1.29, 1.82) is 0 Å². The van der Waals surface area contributed by atoms with E-state index in [1.54, 1.807) is 48.7 Å². The molecule has 0 aromatic heterocycles. The summed E-state index contributed by atoms with van der Waals surface area (Å²) in [4.78, 5) is 46.3. The molecule has 5 rings (SSSR count). The largest absolute Gasteiger partial charge is 0.369 e. The third kappa shape index (κ3) is 5.44. The van der Waals surface area contributed by atoms with E-state index >= 15 is 0 Å². The second-order valence-electron chi connectivity index (χ2n) is 9.44. The summed E-state index contributed by atoms with van der Waals surface area (Å²) in [6.07, 6.45) is 1.66. The normalized spacial score (nSPS) is 17.5. The highest BCUT2D eigenvalue weighted by molar-refractivity contribution is 6.15. The van der Waals surface area contributed by atoms with Crippen molar-refractivity contribution in [3.63, 3.8) is 0 Å². The van der Waals surface area contributed by atoms with Crippen LogP contribution in [0.4, 0.5) is 22.7 Å². The smallest absolute Gasteiger partial charge is 0.237 e. The number of hydrogen-bond donors (Lipinski definition) is 2. The summed E-state index contributed by atoms with van der Waals surface area (Å²) >= 11 is 0. The topological polar surface area (TPSA) is 94.1 Å². The fourth-order valence-electron chi connectivity index (χ4n) is 4.66. The number of amides is 2. The molecule has 8 nitrogen and oxygen atoms in total. The first kappa shape index (κ1) is 24.4. The van der Waals surface area contributed by atoms with Gasteiger partial charge in [-0.2, -0.15) is 0 Å². The number of anilines is 3. The highest BCUT2D eigenvalue weighted by atomic mass is 16.2. The molecular weight excluding hydrogens is 466 g/mol. The van der Waals surface area contributed by atoms with Gasteiger partial charge in [0, 0.05) is 67.5 Å². The van der Waals surface area contributed by atoms with Crippen LogP contribution in [0.3, 0.4) is 0 Å². The zero-order valence-corrected chi connectivity index (χ0v) is 20.9. The van der Waals surface area contributed by atoms with Gasteiger partial charge in [-0.15, -0.1) is 0 Å². The molecule has 37 heavy (non-hydrogen) atoms. The first-order valence-electron chi connectivity index (χ1n) is 12.3. The number of nitrogens with one attached hydrogen (secondary N) is 2. The fourth-order valence-corrected chi connectivity index (χ4v) is 4.66. The van der Waals surface area contributed by atoms with Crippen LogP contribution in [0.1, 0.15) is 34.3 Å². The maximum atomic E-state index is 13.1. The molecule has 0 bridgehead atoms. The van der Waals surface area contributed by atoms with Gasteiger partial charge in [-0.05, 0) is 55.1 Å². The van der Waals surface area contributed by atoms with Crippen LogP contribution in [0.25, 0.3) is 0 Å². The van der Waals surface area contributed by atoms with Crippen LogP contribution in [0.2, 0.25) is 0 Å². The molecule has 2 aliphatic heterocycles. The van der Waals surface area contributed by atoms with Crippen LogP contribution < -0.4 is 15.5 Å². The molecule has 8 heteroatoms. The number of ketones is 1. The summed E-state index contributed by atoms with van der Waals surface area (Å²) in [6.45, 7) is 5.52. The number of fused-ring (bicyclic) bond motifs is 1. The molecule has 0 radical (unpaired) electrons. The number of benzene rings is 3. The van der Waals surface area contributed by atoms with E-state index in [0.29, 0.717) is 22.5 Å². The Morgan fingerprint density at radius 3 is 2.43 bits per heavy atom. The van der Waals surface area contributed by atoms with E-state index in [1.807, 2.05) is 12.1 Å². The maximum Gasteiger partial charge on any atom is 0.237 e. The second-order valence-corrected chi connectivity index (χ2v) is 9.44. The first-order valence-corrected chi connectivity index (χ1v) is 12.3. The number of carbonyl (C=O) groups is 3. The SMILES string of the molecule is CC(=O)Nc1cccc(C(=O)c2ccc3c(c2)NC(=O)C3C=Nc2ccc(N3CCN(C)CC3)cc2)c1. The molecule has 2 heterocycles. The molecule has 0 spiro atoms. The van der Waals surface area contributed by atoms with Gasteiger partial charge in [-0.25, -0.2) is 0 Å². The van der Waals surface area contributed by atoms with Crippen molar-refractivity contribution in [1.82, 2.24) is 4.90 Å². The molecule has 1 fully saturated rings. The number of aliphatic imine (C=N–C) groups is 1. The van der Waals surface area contributed by atoms with Crippen LogP contribution in [0.15, 0.2) is 71.7 Å². The average molecular weight is 496 g/mol. The van der Waals surface area contributed by atoms with Crippen molar-refractivity contribution in [3.05, 3.63) is 83.4 Å². The molecule has 1 saturated heterocycles. The van der Waals surface area contributed by atoms with E-state index in [-0.39, 0.29) is 17.6 Å². The molecule has 1 unspecified atom stereocenters. The van der Waals surface area contributed by atoms with E-state index in [0.717, 1.165) is 37.4 Å². The Morgan fingerprint density at radius 1 is 0.973 bits per heavy atom.